The minimum Gasteiger partial charge on any atom is -0.273 e. The summed E-state index contributed by atoms with van der Waals surface area (Å²) in [6, 6.07) is 11.2. The normalized spacial score (nSPS) is 11.2. The number of hydrazine groups is 1. The van der Waals surface area contributed by atoms with Crippen molar-refractivity contribution in [1.82, 2.24) is 35.8 Å². The Morgan fingerprint density at radius 3 is 2.39 bits per heavy atom. The minimum atomic E-state index is -3.73. The van der Waals surface area contributed by atoms with E-state index in [9.17, 15) is 18.0 Å². The molecule has 0 aliphatic heterocycles. The summed E-state index contributed by atoms with van der Waals surface area (Å²) in [7, 11) is -3.73. The first-order chi connectivity index (χ1) is 14.8. The molecular formula is C19H21N7O4S. The fourth-order valence-electron chi connectivity index (χ4n) is 2.57. The Morgan fingerprint density at radius 1 is 1.00 bits per heavy atom. The number of aromatic nitrogens is 4. The third-order valence-electron chi connectivity index (χ3n) is 4.49. The molecule has 0 atom stereocenters. The van der Waals surface area contributed by atoms with Crippen LogP contribution in [0.4, 0.5) is 0 Å². The van der Waals surface area contributed by atoms with Gasteiger partial charge in [0.05, 0.1) is 10.6 Å². The first kappa shape index (κ1) is 22.1. The monoisotopic (exact) mass is 443 g/mol. The van der Waals surface area contributed by atoms with Gasteiger partial charge in [-0.15, -0.1) is 5.10 Å². The van der Waals surface area contributed by atoms with Crippen LogP contribution in [0.5, 0.6) is 0 Å². The molecule has 3 N–H and O–H groups in total. The van der Waals surface area contributed by atoms with Crippen LogP contribution in [0.25, 0.3) is 5.69 Å². The molecule has 0 saturated carbocycles. The molecule has 1 aromatic heterocycles. The molecule has 2 aromatic carbocycles. The Kier molecular flexibility index (Phi) is 6.72. The van der Waals surface area contributed by atoms with Gasteiger partial charge in [-0.2, -0.15) is 0 Å². The van der Waals surface area contributed by atoms with E-state index in [1.807, 2.05) is 13.8 Å². The van der Waals surface area contributed by atoms with E-state index in [0.29, 0.717) is 11.3 Å². The Morgan fingerprint density at radius 2 is 1.74 bits per heavy atom. The molecule has 0 aliphatic carbocycles. The van der Waals surface area contributed by atoms with Crippen LogP contribution in [0, 0.1) is 13.8 Å². The molecule has 11 nitrogen and oxygen atoms in total. The summed E-state index contributed by atoms with van der Waals surface area (Å²) in [6.07, 6.45) is 1.27. The Labute approximate surface area is 178 Å². The van der Waals surface area contributed by atoms with Crippen LogP contribution in [0.2, 0.25) is 0 Å². The Balaban J connectivity index is 1.45. The maximum absolute atomic E-state index is 12.3. The van der Waals surface area contributed by atoms with Crippen LogP contribution >= 0.6 is 0 Å². The molecule has 0 unspecified atom stereocenters. The standard InChI is InChI=1S/C19H21N7O4S/c1-13-3-8-17(11-14(13)2)31(29,30)21-10-9-18(27)22-23-19(28)15-4-6-16(7-5-15)26-12-20-24-25-26/h3-8,11-12,21H,9-10H2,1-2H3,(H,22,27)(H,23,28). The number of carbonyl (C=O) groups is 2. The largest absolute Gasteiger partial charge is 0.273 e. The van der Waals surface area contributed by atoms with Crippen molar-refractivity contribution in [3.8, 4) is 5.69 Å². The molecule has 12 heteroatoms. The quantitative estimate of drug-likeness (QED) is 0.448. The summed E-state index contributed by atoms with van der Waals surface area (Å²) in [5, 5.41) is 10.8. The number of benzene rings is 2. The predicted octanol–water partition coefficient (Wildman–Crippen LogP) is 0.409. The lowest BCUT2D eigenvalue weighted by molar-refractivity contribution is -0.121. The van der Waals surface area contributed by atoms with E-state index in [-0.39, 0.29) is 17.9 Å². The third kappa shape index (κ3) is 5.71. The average molecular weight is 443 g/mol. The van der Waals surface area contributed by atoms with Crippen molar-refractivity contribution in [2.24, 2.45) is 0 Å². The molecule has 0 spiro atoms. The molecule has 162 valence electrons. The van der Waals surface area contributed by atoms with E-state index in [0.717, 1.165) is 11.1 Å². The van der Waals surface area contributed by atoms with Crippen molar-refractivity contribution in [3.05, 3.63) is 65.5 Å². The van der Waals surface area contributed by atoms with E-state index >= 15 is 0 Å². The highest BCUT2D eigenvalue weighted by Crippen LogP contribution is 2.14. The second kappa shape index (κ2) is 9.45. The molecule has 3 aromatic rings. The number of carbonyl (C=O) groups excluding carboxylic acids is 2. The van der Waals surface area contributed by atoms with Gasteiger partial charge in [0.2, 0.25) is 15.9 Å². The molecule has 0 aliphatic rings. The number of nitrogens with one attached hydrogen (secondary N) is 3. The lowest BCUT2D eigenvalue weighted by Crippen LogP contribution is -2.42. The number of sulfonamides is 1. The summed E-state index contributed by atoms with van der Waals surface area (Å²) in [6.45, 7) is 3.60. The molecule has 0 bridgehead atoms. The first-order valence-electron chi connectivity index (χ1n) is 9.26. The predicted molar refractivity (Wildman–Crippen MR) is 110 cm³/mol. The van der Waals surface area contributed by atoms with Crippen molar-refractivity contribution in [3.63, 3.8) is 0 Å². The summed E-state index contributed by atoms with van der Waals surface area (Å²) in [5.74, 6) is -1.06. The van der Waals surface area contributed by atoms with Crippen LogP contribution in [-0.2, 0) is 14.8 Å². The molecular weight excluding hydrogens is 422 g/mol. The Bertz CT molecular complexity index is 1180. The number of hydrogen-bond acceptors (Lipinski definition) is 7. The zero-order chi connectivity index (χ0) is 22.4. The van der Waals surface area contributed by atoms with Gasteiger partial charge in [0.15, 0.2) is 0 Å². The van der Waals surface area contributed by atoms with Crippen molar-refractivity contribution >= 4 is 21.8 Å². The first-order valence-corrected chi connectivity index (χ1v) is 10.7. The SMILES string of the molecule is Cc1ccc(S(=O)(=O)NCCC(=O)NNC(=O)c2ccc(-n3cnnn3)cc2)cc1C. The highest BCUT2D eigenvalue weighted by Gasteiger charge is 2.15. The molecule has 0 radical (unpaired) electrons. The fourth-order valence-corrected chi connectivity index (χ4v) is 3.69. The summed E-state index contributed by atoms with van der Waals surface area (Å²) in [4.78, 5) is 24.2. The van der Waals surface area contributed by atoms with Gasteiger partial charge in [-0.1, -0.05) is 6.07 Å². The van der Waals surface area contributed by atoms with Gasteiger partial charge in [0.25, 0.3) is 5.91 Å². The zero-order valence-corrected chi connectivity index (χ0v) is 17.7. The van der Waals surface area contributed by atoms with Crippen molar-refractivity contribution in [2.75, 3.05) is 6.54 Å². The van der Waals surface area contributed by atoms with Crippen LogP contribution < -0.4 is 15.6 Å². The van der Waals surface area contributed by atoms with Crippen LogP contribution in [-0.4, -0.2) is 47.0 Å². The molecule has 2 amide bonds. The summed E-state index contributed by atoms with van der Waals surface area (Å²) >= 11 is 0. The smallest absolute Gasteiger partial charge is 0.269 e. The second-order valence-corrected chi connectivity index (χ2v) is 8.46. The van der Waals surface area contributed by atoms with E-state index in [4.69, 9.17) is 0 Å². The maximum atomic E-state index is 12.3. The molecule has 0 saturated heterocycles. The lowest BCUT2D eigenvalue weighted by atomic mass is 10.1. The van der Waals surface area contributed by atoms with Crippen molar-refractivity contribution < 1.29 is 18.0 Å². The van der Waals surface area contributed by atoms with Crippen LogP contribution in [0.15, 0.2) is 53.7 Å². The number of amides is 2. The third-order valence-corrected chi connectivity index (χ3v) is 5.95. The van der Waals surface area contributed by atoms with Gasteiger partial charge in [-0.3, -0.25) is 20.4 Å². The number of rotatable bonds is 7. The molecule has 3 rings (SSSR count). The van der Waals surface area contributed by atoms with Crippen molar-refractivity contribution in [1.29, 1.82) is 0 Å². The Hall–Kier alpha value is -3.64. The van der Waals surface area contributed by atoms with Gasteiger partial charge in [-0.05, 0) is 71.8 Å². The molecule has 1 heterocycles. The van der Waals surface area contributed by atoms with Crippen molar-refractivity contribution in [2.45, 2.75) is 25.2 Å². The second-order valence-electron chi connectivity index (χ2n) is 6.70. The number of hydrogen-bond donors (Lipinski definition) is 3. The fraction of sp³-hybridized carbons (Fsp3) is 0.211. The highest BCUT2D eigenvalue weighted by atomic mass is 32.2. The van der Waals surface area contributed by atoms with Gasteiger partial charge < -0.3 is 0 Å². The topological polar surface area (TPSA) is 148 Å². The van der Waals surface area contributed by atoms with Crippen LogP contribution in [0.1, 0.15) is 27.9 Å². The summed E-state index contributed by atoms with van der Waals surface area (Å²) < 4.78 is 28.4. The molecule has 31 heavy (non-hydrogen) atoms. The van der Waals surface area contributed by atoms with E-state index in [1.165, 1.54) is 17.1 Å². The van der Waals surface area contributed by atoms with E-state index < -0.39 is 21.8 Å². The average Bonchev–Trinajstić information content (AvgIpc) is 3.29. The van der Waals surface area contributed by atoms with Gasteiger partial charge >= 0.3 is 0 Å². The number of aryl methyl sites for hydroxylation is 2. The van der Waals surface area contributed by atoms with Gasteiger partial charge in [0.1, 0.15) is 6.33 Å². The van der Waals surface area contributed by atoms with E-state index in [1.54, 1.807) is 36.4 Å². The highest BCUT2D eigenvalue weighted by molar-refractivity contribution is 7.89. The lowest BCUT2D eigenvalue weighted by Gasteiger charge is -2.10. The van der Waals surface area contributed by atoms with Crippen LogP contribution in [0.3, 0.4) is 0 Å². The zero-order valence-electron chi connectivity index (χ0n) is 16.9. The van der Waals surface area contributed by atoms with E-state index in [2.05, 4.69) is 31.1 Å². The number of nitrogens with zero attached hydrogens (tertiary/aromatic N) is 4. The van der Waals surface area contributed by atoms with Gasteiger partial charge in [-0.25, -0.2) is 17.8 Å². The molecule has 0 fully saturated rings. The van der Waals surface area contributed by atoms with Gasteiger partial charge in [0, 0.05) is 18.5 Å². The maximum Gasteiger partial charge on any atom is 0.269 e. The summed E-state index contributed by atoms with van der Waals surface area (Å²) in [5.41, 5.74) is 7.36. The number of tetrazole rings is 1. The minimum absolute atomic E-state index is 0.113.